The number of carbonyl (C=O) groups excluding carboxylic acids is 2. The van der Waals surface area contributed by atoms with Crippen molar-refractivity contribution in [3.05, 3.63) is 29.6 Å². The van der Waals surface area contributed by atoms with Gasteiger partial charge in [-0.15, -0.1) is 0 Å². The highest BCUT2D eigenvalue weighted by Crippen LogP contribution is 2.31. The lowest BCUT2D eigenvalue weighted by atomic mass is 10.1. The summed E-state index contributed by atoms with van der Waals surface area (Å²) < 4.78 is 42.9. The summed E-state index contributed by atoms with van der Waals surface area (Å²) in [6, 6.07) is 1.86. The van der Waals surface area contributed by atoms with Gasteiger partial charge in [-0.3, -0.25) is 4.79 Å². The Kier molecular flexibility index (Phi) is 3.91. The molecule has 0 aromatic carbocycles. The molecule has 1 aliphatic rings. The highest BCUT2D eigenvalue weighted by Gasteiger charge is 2.36. The fraction of sp³-hybridized carbons (Fsp3) is 0.417. The van der Waals surface area contributed by atoms with Gasteiger partial charge in [0.2, 0.25) is 5.91 Å². The van der Waals surface area contributed by atoms with Gasteiger partial charge in [0.15, 0.2) is 5.69 Å². The van der Waals surface area contributed by atoms with Crippen molar-refractivity contribution in [1.29, 1.82) is 0 Å². The molecule has 0 aliphatic carbocycles. The summed E-state index contributed by atoms with van der Waals surface area (Å²) in [4.78, 5) is 26.0. The number of nitrogens with one attached hydrogen (secondary N) is 1. The van der Waals surface area contributed by atoms with E-state index in [4.69, 9.17) is 4.74 Å². The third-order valence-corrected chi connectivity index (χ3v) is 2.82. The first kappa shape index (κ1) is 14.3. The lowest BCUT2D eigenvalue weighted by Gasteiger charge is -2.12. The van der Waals surface area contributed by atoms with Gasteiger partial charge in [-0.1, -0.05) is 0 Å². The molecule has 108 valence electrons. The predicted molar refractivity (Wildman–Crippen MR) is 60.6 cm³/mol. The van der Waals surface area contributed by atoms with E-state index in [2.05, 4.69) is 10.3 Å². The molecular weight excluding hydrogens is 277 g/mol. The SMILES string of the molecule is O=C1C[C@H](COC(=O)c2ncccc2C(F)(F)F)CN1. The number of rotatable bonds is 3. The Bertz CT molecular complexity index is 531. The number of halogens is 3. The third kappa shape index (κ3) is 3.25. The number of hydrogen-bond donors (Lipinski definition) is 1. The predicted octanol–water partition coefficient (Wildman–Crippen LogP) is 1.39. The summed E-state index contributed by atoms with van der Waals surface area (Å²) >= 11 is 0. The molecule has 5 nitrogen and oxygen atoms in total. The summed E-state index contributed by atoms with van der Waals surface area (Å²) in [6.45, 7) is 0.228. The molecule has 1 N–H and O–H groups in total. The van der Waals surface area contributed by atoms with Gasteiger partial charge in [-0.05, 0) is 12.1 Å². The summed E-state index contributed by atoms with van der Waals surface area (Å²) in [5, 5.41) is 2.54. The highest BCUT2D eigenvalue weighted by molar-refractivity contribution is 5.89. The number of pyridine rings is 1. The number of hydrogen-bond acceptors (Lipinski definition) is 4. The molecule has 0 saturated carbocycles. The molecule has 0 spiro atoms. The number of alkyl halides is 3. The van der Waals surface area contributed by atoms with E-state index in [0.29, 0.717) is 6.54 Å². The van der Waals surface area contributed by atoms with E-state index < -0.39 is 23.4 Å². The van der Waals surface area contributed by atoms with Gasteiger partial charge < -0.3 is 10.1 Å². The quantitative estimate of drug-likeness (QED) is 0.853. The van der Waals surface area contributed by atoms with Crippen molar-refractivity contribution in [1.82, 2.24) is 10.3 Å². The van der Waals surface area contributed by atoms with Gasteiger partial charge in [0.05, 0.1) is 12.2 Å². The second-order valence-corrected chi connectivity index (χ2v) is 4.37. The number of ether oxygens (including phenoxy) is 1. The number of aromatic nitrogens is 1. The van der Waals surface area contributed by atoms with Crippen molar-refractivity contribution >= 4 is 11.9 Å². The van der Waals surface area contributed by atoms with Crippen LogP contribution in [0.4, 0.5) is 13.2 Å². The van der Waals surface area contributed by atoms with Crippen molar-refractivity contribution in [2.45, 2.75) is 12.6 Å². The average molecular weight is 288 g/mol. The molecule has 1 atom stereocenters. The summed E-state index contributed by atoms with van der Waals surface area (Å²) in [6.07, 6.45) is -3.39. The zero-order chi connectivity index (χ0) is 14.8. The minimum absolute atomic E-state index is 0.120. The van der Waals surface area contributed by atoms with Crippen LogP contribution in [-0.4, -0.2) is 30.0 Å². The highest BCUT2D eigenvalue weighted by atomic mass is 19.4. The number of amides is 1. The minimum atomic E-state index is -4.67. The minimum Gasteiger partial charge on any atom is -0.461 e. The standard InChI is InChI=1S/C12H11F3N2O3/c13-12(14,15)8-2-1-3-16-10(8)11(19)20-6-7-4-9(18)17-5-7/h1-3,7H,4-6H2,(H,17,18)/t7-/m0/s1. The van der Waals surface area contributed by atoms with Gasteiger partial charge in [0.1, 0.15) is 0 Å². The number of nitrogens with zero attached hydrogens (tertiary/aromatic N) is 1. The molecule has 0 bridgehead atoms. The second-order valence-electron chi connectivity index (χ2n) is 4.37. The van der Waals surface area contributed by atoms with E-state index in [0.717, 1.165) is 18.3 Å². The van der Waals surface area contributed by atoms with Crippen molar-refractivity contribution in [2.24, 2.45) is 5.92 Å². The van der Waals surface area contributed by atoms with E-state index in [1.54, 1.807) is 0 Å². The van der Waals surface area contributed by atoms with Crippen LogP contribution in [0.3, 0.4) is 0 Å². The van der Waals surface area contributed by atoms with Crippen molar-refractivity contribution in [2.75, 3.05) is 13.2 Å². The van der Waals surface area contributed by atoms with Crippen LogP contribution in [0.5, 0.6) is 0 Å². The summed E-state index contributed by atoms with van der Waals surface area (Å²) in [5.41, 5.74) is -1.90. The normalized spacial score (nSPS) is 18.8. The Morgan fingerprint density at radius 2 is 2.25 bits per heavy atom. The number of carbonyl (C=O) groups is 2. The Balaban J connectivity index is 2.04. The molecule has 1 saturated heterocycles. The molecule has 0 unspecified atom stereocenters. The largest absolute Gasteiger partial charge is 0.461 e. The van der Waals surface area contributed by atoms with Crippen LogP contribution in [0.25, 0.3) is 0 Å². The van der Waals surface area contributed by atoms with E-state index in [1.165, 1.54) is 0 Å². The molecule has 1 fully saturated rings. The molecule has 2 rings (SSSR count). The lowest BCUT2D eigenvalue weighted by molar-refractivity contribution is -0.138. The van der Waals surface area contributed by atoms with Crippen molar-refractivity contribution in [3.63, 3.8) is 0 Å². The zero-order valence-electron chi connectivity index (χ0n) is 10.2. The fourth-order valence-corrected chi connectivity index (χ4v) is 1.84. The Labute approximate surface area is 112 Å². The van der Waals surface area contributed by atoms with Crippen LogP contribution in [0.15, 0.2) is 18.3 Å². The summed E-state index contributed by atoms with van der Waals surface area (Å²) in [7, 11) is 0. The monoisotopic (exact) mass is 288 g/mol. The van der Waals surface area contributed by atoms with Crippen LogP contribution in [-0.2, 0) is 15.7 Å². The first-order valence-electron chi connectivity index (χ1n) is 5.84. The van der Waals surface area contributed by atoms with Gasteiger partial charge >= 0.3 is 12.1 Å². The van der Waals surface area contributed by atoms with Gasteiger partial charge in [0, 0.05) is 25.1 Å². The van der Waals surface area contributed by atoms with Crippen LogP contribution in [0, 0.1) is 5.92 Å². The molecule has 2 heterocycles. The molecule has 8 heteroatoms. The fourth-order valence-electron chi connectivity index (χ4n) is 1.84. The lowest BCUT2D eigenvalue weighted by Crippen LogP contribution is -2.20. The van der Waals surface area contributed by atoms with Gasteiger partial charge in [-0.25, -0.2) is 9.78 Å². The molecule has 1 aromatic heterocycles. The van der Waals surface area contributed by atoms with Crippen molar-refractivity contribution in [3.8, 4) is 0 Å². The van der Waals surface area contributed by atoms with Crippen LogP contribution >= 0.6 is 0 Å². The first-order valence-corrected chi connectivity index (χ1v) is 5.84. The Morgan fingerprint density at radius 3 is 2.85 bits per heavy atom. The van der Waals surface area contributed by atoms with Gasteiger partial charge in [0.25, 0.3) is 0 Å². The van der Waals surface area contributed by atoms with E-state index in [1.807, 2.05) is 0 Å². The van der Waals surface area contributed by atoms with E-state index in [-0.39, 0.29) is 24.9 Å². The second kappa shape index (κ2) is 5.48. The smallest absolute Gasteiger partial charge is 0.418 e. The van der Waals surface area contributed by atoms with Crippen LogP contribution in [0.2, 0.25) is 0 Å². The third-order valence-electron chi connectivity index (χ3n) is 2.82. The van der Waals surface area contributed by atoms with Crippen LogP contribution < -0.4 is 5.32 Å². The maximum atomic E-state index is 12.7. The maximum Gasteiger partial charge on any atom is 0.418 e. The number of esters is 1. The van der Waals surface area contributed by atoms with Gasteiger partial charge in [-0.2, -0.15) is 13.2 Å². The topological polar surface area (TPSA) is 68.3 Å². The Hall–Kier alpha value is -2.12. The van der Waals surface area contributed by atoms with E-state index >= 15 is 0 Å². The first-order chi connectivity index (χ1) is 9.38. The molecule has 0 radical (unpaired) electrons. The van der Waals surface area contributed by atoms with Crippen molar-refractivity contribution < 1.29 is 27.5 Å². The molecule has 1 amide bonds. The molecule has 1 aliphatic heterocycles. The molecule has 20 heavy (non-hydrogen) atoms. The molecular formula is C12H11F3N2O3. The zero-order valence-corrected chi connectivity index (χ0v) is 10.2. The van der Waals surface area contributed by atoms with Crippen LogP contribution in [0.1, 0.15) is 22.5 Å². The maximum absolute atomic E-state index is 12.7. The van der Waals surface area contributed by atoms with E-state index in [9.17, 15) is 22.8 Å². The average Bonchev–Trinajstić information content (AvgIpc) is 2.81. The Morgan fingerprint density at radius 1 is 1.50 bits per heavy atom. The summed E-state index contributed by atoms with van der Waals surface area (Å²) in [5.74, 6) is -1.53. The molecule has 1 aromatic rings.